The molecular weight excluding hydrogens is 374 g/mol. The summed E-state index contributed by atoms with van der Waals surface area (Å²) in [7, 11) is 3.97. The van der Waals surface area contributed by atoms with Gasteiger partial charge in [-0.05, 0) is 47.7 Å². The summed E-state index contributed by atoms with van der Waals surface area (Å²) < 4.78 is 1.84. The molecule has 1 atom stereocenters. The normalized spacial score (nSPS) is 12.1. The van der Waals surface area contributed by atoms with Gasteiger partial charge >= 0.3 is 0 Å². The molecule has 0 aliphatic heterocycles. The van der Waals surface area contributed by atoms with E-state index in [1.807, 2.05) is 54.2 Å². The number of hydrogen-bond donors (Lipinski definition) is 1. The third-order valence-electron chi connectivity index (χ3n) is 5.19. The zero-order chi connectivity index (χ0) is 20.9. The number of benzene rings is 2. The number of hydrogen-bond acceptors (Lipinski definition) is 6. The number of anilines is 1. The van der Waals surface area contributed by atoms with Crippen molar-refractivity contribution in [3.8, 4) is 5.69 Å². The summed E-state index contributed by atoms with van der Waals surface area (Å²) >= 11 is 0. The molecule has 0 amide bonds. The van der Waals surface area contributed by atoms with Crippen LogP contribution in [0.25, 0.3) is 5.69 Å². The summed E-state index contributed by atoms with van der Waals surface area (Å²) in [6, 6.07) is 22.4. The van der Waals surface area contributed by atoms with Gasteiger partial charge in [0.05, 0.1) is 11.7 Å². The van der Waals surface area contributed by atoms with Gasteiger partial charge < -0.3 is 5.32 Å². The first kappa shape index (κ1) is 19.7. The maximum Gasteiger partial charge on any atom is 0.178 e. The van der Waals surface area contributed by atoms with Gasteiger partial charge in [0.25, 0.3) is 0 Å². The van der Waals surface area contributed by atoms with Crippen LogP contribution < -0.4 is 5.32 Å². The molecule has 0 spiro atoms. The first-order valence-corrected chi connectivity index (χ1v) is 9.90. The summed E-state index contributed by atoms with van der Waals surface area (Å²) in [6.45, 7) is 2.75. The molecule has 0 radical (unpaired) electrons. The van der Waals surface area contributed by atoms with Crippen molar-refractivity contribution in [3.63, 3.8) is 0 Å². The highest BCUT2D eigenvalue weighted by Crippen LogP contribution is 2.30. The van der Waals surface area contributed by atoms with Gasteiger partial charge in [0, 0.05) is 25.4 Å². The number of rotatable bonds is 7. The maximum absolute atomic E-state index is 4.44. The molecule has 0 unspecified atom stereocenters. The molecule has 0 aliphatic rings. The van der Waals surface area contributed by atoms with Crippen LogP contribution in [0, 0.1) is 6.92 Å². The topological polar surface area (TPSA) is 71.8 Å². The van der Waals surface area contributed by atoms with Gasteiger partial charge in [0.1, 0.15) is 5.82 Å². The van der Waals surface area contributed by atoms with E-state index in [-0.39, 0.29) is 6.04 Å². The number of tetrazole rings is 1. The standard InChI is InChI=1S/C23H25N7/c1-17-10-7-8-14-20(17)30-23(26-27-28-30)21(18-11-5-4-6-12-18)29(3)16-19-13-9-15-25-22(19)24-2/h4-15,21H,16H2,1-3H3,(H,24,25)/t21-/m0/s1. The van der Waals surface area contributed by atoms with Crippen LogP contribution in [0.1, 0.15) is 28.6 Å². The first-order valence-electron chi connectivity index (χ1n) is 9.90. The van der Waals surface area contributed by atoms with Crippen molar-refractivity contribution in [2.75, 3.05) is 19.4 Å². The monoisotopic (exact) mass is 399 g/mol. The fourth-order valence-electron chi connectivity index (χ4n) is 3.72. The van der Waals surface area contributed by atoms with Gasteiger partial charge in [-0.15, -0.1) is 5.10 Å². The van der Waals surface area contributed by atoms with Crippen LogP contribution in [0.15, 0.2) is 72.9 Å². The van der Waals surface area contributed by atoms with Gasteiger partial charge in [0.2, 0.25) is 0 Å². The minimum Gasteiger partial charge on any atom is -0.373 e. The molecule has 0 saturated carbocycles. The molecule has 0 bridgehead atoms. The minimum absolute atomic E-state index is 0.134. The summed E-state index contributed by atoms with van der Waals surface area (Å²) in [5, 5.41) is 16.0. The molecule has 7 nitrogen and oxygen atoms in total. The Morgan fingerprint density at radius 2 is 1.77 bits per heavy atom. The van der Waals surface area contributed by atoms with E-state index in [0.29, 0.717) is 6.54 Å². The Hall–Kier alpha value is -3.58. The summed E-state index contributed by atoms with van der Waals surface area (Å²) in [5.74, 6) is 1.64. The lowest BCUT2D eigenvalue weighted by molar-refractivity contribution is 0.258. The van der Waals surface area contributed by atoms with Crippen molar-refractivity contribution in [2.24, 2.45) is 0 Å². The molecular formula is C23H25N7. The van der Waals surface area contributed by atoms with Crippen molar-refractivity contribution >= 4 is 5.82 Å². The second kappa shape index (κ2) is 8.84. The number of aryl methyl sites for hydroxylation is 1. The van der Waals surface area contributed by atoms with E-state index in [9.17, 15) is 0 Å². The lowest BCUT2D eigenvalue weighted by Crippen LogP contribution is -2.28. The highest BCUT2D eigenvalue weighted by Gasteiger charge is 2.27. The Kier molecular flexibility index (Phi) is 5.81. The molecule has 2 heterocycles. The van der Waals surface area contributed by atoms with Crippen LogP contribution in [0.3, 0.4) is 0 Å². The van der Waals surface area contributed by atoms with E-state index in [0.717, 1.165) is 34.0 Å². The quantitative estimate of drug-likeness (QED) is 0.512. The van der Waals surface area contributed by atoms with Gasteiger partial charge in [-0.3, -0.25) is 4.90 Å². The number of aromatic nitrogens is 5. The fraction of sp³-hybridized carbons (Fsp3) is 0.217. The van der Waals surface area contributed by atoms with E-state index < -0.39 is 0 Å². The average molecular weight is 400 g/mol. The minimum atomic E-state index is -0.134. The van der Waals surface area contributed by atoms with E-state index >= 15 is 0 Å². The molecule has 152 valence electrons. The molecule has 2 aromatic heterocycles. The van der Waals surface area contributed by atoms with E-state index in [4.69, 9.17) is 0 Å². The number of nitrogens with one attached hydrogen (secondary N) is 1. The smallest absolute Gasteiger partial charge is 0.178 e. The van der Waals surface area contributed by atoms with Gasteiger partial charge in [-0.2, -0.15) is 4.68 Å². The van der Waals surface area contributed by atoms with E-state index in [2.05, 4.69) is 69.0 Å². The van der Waals surface area contributed by atoms with Crippen LogP contribution in [-0.2, 0) is 6.54 Å². The molecule has 0 aliphatic carbocycles. The molecule has 1 N–H and O–H groups in total. The second-order valence-electron chi connectivity index (χ2n) is 7.22. The Morgan fingerprint density at radius 3 is 2.53 bits per heavy atom. The van der Waals surface area contributed by atoms with Crippen molar-refractivity contribution in [1.29, 1.82) is 0 Å². The fourth-order valence-corrected chi connectivity index (χ4v) is 3.72. The van der Waals surface area contributed by atoms with E-state index in [1.54, 1.807) is 6.20 Å². The zero-order valence-electron chi connectivity index (χ0n) is 17.4. The third kappa shape index (κ3) is 3.92. The predicted molar refractivity (Wildman–Crippen MR) is 117 cm³/mol. The van der Waals surface area contributed by atoms with Crippen molar-refractivity contribution < 1.29 is 0 Å². The van der Waals surface area contributed by atoms with Gasteiger partial charge in [-0.25, -0.2) is 4.98 Å². The summed E-state index contributed by atoms with van der Waals surface area (Å²) in [6.07, 6.45) is 1.79. The maximum atomic E-state index is 4.44. The number of para-hydroxylation sites is 1. The Balaban J connectivity index is 1.78. The Morgan fingerprint density at radius 1 is 1.00 bits per heavy atom. The molecule has 4 aromatic rings. The lowest BCUT2D eigenvalue weighted by Gasteiger charge is -2.28. The largest absolute Gasteiger partial charge is 0.373 e. The summed E-state index contributed by atoms with van der Waals surface area (Å²) in [5.41, 5.74) is 4.33. The molecule has 0 fully saturated rings. The number of nitrogens with zero attached hydrogens (tertiary/aromatic N) is 6. The Labute approximate surface area is 176 Å². The predicted octanol–water partition coefficient (Wildman–Crippen LogP) is 3.63. The highest BCUT2D eigenvalue weighted by molar-refractivity contribution is 5.43. The van der Waals surface area contributed by atoms with Crippen LogP contribution in [0.5, 0.6) is 0 Å². The SMILES string of the molecule is CNc1ncccc1CN(C)[C@@H](c1ccccc1)c1nnnn1-c1ccccc1C. The van der Waals surface area contributed by atoms with Crippen molar-refractivity contribution in [2.45, 2.75) is 19.5 Å². The van der Waals surface area contributed by atoms with Crippen LogP contribution >= 0.6 is 0 Å². The average Bonchev–Trinajstić information content (AvgIpc) is 3.24. The molecule has 2 aromatic carbocycles. The second-order valence-corrected chi connectivity index (χ2v) is 7.22. The summed E-state index contributed by atoms with van der Waals surface area (Å²) in [4.78, 5) is 6.68. The van der Waals surface area contributed by atoms with Crippen molar-refractivity contribution in [1.82, 2.24) is 30.1 Å². The lowest BCUT2D eigenvalue weighted by atomic mass is 10.0. The van der Waals surface area contributed by atoms with Crippen LogP contribution in [0.4, 0.5) is 5.82 Å². The molecule has 4 rings (SSSR count). The van der Waals surface area contributed by atoms with E-state index in [1.165, 1.54) is 0 Å². The van der Waals surface area contributed by atoms with Gasteiger partial charge in [-0.1, -0.05) is 54.6 Å². The molecule has 30 heavy (non-hydrogen) atoms. The third-order valence-corrected chi connectivity index (χ3v) is 5.19. The first-order chi connectivity index (χ1) is 14.7. The van der Waals surface area contributed by atoms with Crippen molar-refractivity contribution in [3.05, 3.63) is 95.4 Å². The van der Waals surface area contributed by atoms with Crippen LogP contribution in [-0.4, -0.2) is 44.2 Å². The molecule has 0 saturated heterocycles. The highest BCUT2D eigenvalue weighted by atomic mass is 15.6. The number of pyridine rings is 1. The van der Waals surface area contributed by atoms with Crippen LogP contribution in [0.2, 0.25) is 0 Å². The van der Waals surface area contributed by atoms with Gasteiger partial charge in [0.15, 0.2) is 5.82 Å². The Bertz CT molecular complexity index is 1110. The molecule has 7 heteroatoms. The zero-order valence-corrected chi connectivity index (χ0v) is 17.4.